The van der Waals surface area contributed by atoms with Crippen LogP contribution in [0.2, 0.25) is 0 Å². The van der Waals surface area contributed by atoms with Gasteiger partial charge in [-0.2, -0.15) is 0 Å². The number of ether oxygens (including phenoxy) is 3. The monoisotopic (exact) mass is 324 g/mol. The van der Waals surface area contributed by atoms with Crippen molar-refractivity contribution in [2.24, 2.45) is 0 Å². The van der Waals surface area contributed by atoms with Crippen molar-refractivity contribution in [3.05, 3.63) is 53.3 Å². The average Bonchev–Trinajstić information content (AvgIpc) is 3.34. The van der Waals surface area contributed by atoms with Crippen molar-refractivity contribution in [1.82, 2.24) is 0 Å². The molecule has 0 atom stereocenters. The lowest BCUT2D eigenvalue weighted by Gasteiger charge is -2.14. The molecule has 2 aromatic rings. The van der Waals surface area contributed by atoms with Crippen molar-refractivity contribution in [3.8, 4) is 17.2 Å². The summed E-state index contributed by atoms with van der Waals surface area (Å²) in [6, 6.07) is 6.14. The van der Waals surface area contributed by atoms with Crippen LogP contribution >= 0.6 is 0 Å². The fraction of sp³-hybridized carbons (Fsp3) is 0.294. The van der Waals surface area contributed by atoms with E-state index in [1.165, 1.54) is 31.4 Å². The van der Waals surface area contributed by atoms with Gasteiger partial charge in [-0.1, -0.05) is 0 Å². The highest BCUT2D eigenvalue weighted by molar-refractivity contribution is 5.41. The Hall–Kier alpha value is -2.37. The molecule has 0 saturated heterocycles. The molecule has 23 heavy (non-hydrogen) atoms. The third-order valence-corrected chi connectivity index (χ3v) is 3.47. The third kappa shape index (κ3) is 3.52. The lowest BCUT2D eigenvalue weighted by molar-refractivity contribution is 0.246. The van der Waals surface area contributed by atoms with Crippen LogP contribution in [0.3, 0.4) is 0 Å². The summed E-state index contributed by atoms with van der Waals surface area (Å²) >= 11 is 0. The van der Waals surface area contributed by atoms with Gasteiger partial charge < -0.3 is 14.2 Å². The quantitative estimate of drug-likeness (QED) is 0.796. The van der Waals surface area contributed by atoms with Gasteiger partial charge >= 0.3 is 0 Å². The van der Waals surface area contributed by atoms with Gasteiger partial charge in [0.1, 0.15) is 18.2 Å². The van der Waals surface area contributed by atoms with E-state index in [1.54, 1.807) is 0 Å². The second-order valence-electron chi connectivity index (χ2n) is 5.24. The van der Waals surface area contributed by atoms with Gasteiger partial charge in [0.25, 0.3) is 0 Å². The Balaban J connectivity index is 1.82. The van der Waals surface area contributed by atoms with E-state index in [-0.39, 0.29) is 35.5 Å². The van der Waals surface area contributed by atoms with Crippen LogP contribution in [0.4, 0.5) is 13.2 Å². The normalized spacial score (nSPS) is 13.7. The lowest BCUT2D eigenvalue weighted by atomic mass is 10.2. The van der Waals surface area contributed by atoms with Gasteiger partial charge in [0.05, 0.1) is 18.8 Å². The molecule has 0 amide bonds. The molecule has 122 valence electrons. The van der Waals surface area contributed by atoms with Gasteiger partial charge in [-0.25, -0.2) is 13.2 Å². The molecule has 3 rings (SSSR count). The Bertz CT molecular complexity index is 714. The number of hydrogen-bond acceptors (Lipinski definition) is 3. The number of halogens is 3. The Kier molecular flexibility index (Phi) is 4.32. The number of methoxy groups -OCH3 is 1. The van der Waals surface area contributed by atoms with Crippen LogP contribution in [0.5, 0.6) is 17.2 Å². The predicted molar refractivity (Wildman–Crippen MR) is 77.3 cm³/mol. The van der Waals surface area contributed by atoms with Crippen LogP contribution < -0.4 is 14.2 Å². The summed E-state index contributed by atoms with van der Waals surface area (Å²) in [4.78, 5) is 0. The van der Waals surface area contributed by atoms with Crippen LogP contribution in [-0.2, 0) is 6.61 Å². The van der Waals surface area contributed by atoms with Gasteiger partial charge in [-0.05, 0) is 37.1 Å². The fourth-order valence-electron chi connectivity index (χ4n) is 2.11. The number of hydrogen-bond donors (Lipinski definition) is 0. The Morgan fingerprint density at radius 2 is 1.74 bits per heavy atom. The fourth-order valence-corrected chi connectivity index (χ4v) is 2.11. The van der Waals surface area contributed by atoms with Gasteiger partial charge in [-0.15, -0.1) is 0 Å². The summed E-state index contributed by atoms with van der Waals surface area (Å²) in [6.45, 7) is -0.264. The second kappa shape index (κ2) is 6.40. The Morgan fingerprint density at radius 1 is 1.00 bits per heavy atom. The maximum Gasteiger partial charge on any atom is 0.169 e. The number of benzene rings is 2. The predicted octanol–water partition coefficient (Wildman–Crippen LogP) is 4.23. The summed E-state index contributed by atoms with van der Waals surface area (Å²) in [5, 5.41) is 0. The molecule has 0 aliphatic heterocycles. The first-order chi connectivity index (χ1) is 11.1. The molecule has 1 aliphatic rings. The molecule has 1 saturated carbocycles. The molecule has 2 aromatic carbocycles. The van der Waals surface area contributed by atoms with Gasteiger partial charge in [0, 0.05) is 6.07 Å². The van der Waals surface area contributed by atoms with Crippen LogP contribution in [0.1, 0.15) is 18.4 Å². The minimum atomic E-state index is -1.03. The summed E-state index contributed by atoms with van der Waals surface area (Å²) in [6.07, 6.45) is 1.87. The SMILES string of the molecule is COc1ccc(F)c(F)c1COc1ccc(F)cc1OC1CC1. The highest BCUT2D eigenvalue weighted by atomic mass is 19.2. The highest BCUT2D eigenvalue weighted by Gasteiger charge is 2.25. The molecule has 6 heteroatoms. The molecule has 0 aromatic heterocycles. The Morgan fingerprint density at radius 3 is 2.43 bits per heavy atom. The van der Waals surface area contributed by atoms with Gasteiger partial charge in [0.15, 0.2) is 23.1 Å². The van der Waals surface area contributed by atoms with E-state index in [9.17, 15) is 13.2 Å². The molecule has 0 N–H and O–H groups in total. The molecule has 1 fully saturated rings. The van der Waals surface area contributed by atoms with Crippen molar-refractivity contribution in [3.63, 3.8) is 0 Å². The van der Waals surface area contributed by atoms with E-state index < -0.39 is 17.5 Å². The summed E-state index contributed by atoms with van der Waals surface area (Å²) < 4.78 is 56.7. The third-order valence-electron chi connectivity index (χ3n) is 3.47. The molecule has 0 heterocycles. The van der Waals surface area contributed by atoms with E-state index in [2.05, 4.69) is 0 Å². The smallest absolute Gasteiger partial charge is 0.169 e. The maximum atomic E-state index is 13.9. The van der Waals surface area contributed by atoms with Crippen LogP contribution in [0, 0.1) is 17.5 Å². The lowest BCUT2D eigenvalue weighted by Crippen LogP contribution is -2.05. The largest absolute Gasteiger partial charge is 0.496 e. The molecule has 0 radical (unpaired) electrons. The first kappa shape index (κ1) is 15.5. The number of rotatable bonds is 6. The van der Waals surface area contributed by atoms with Crippen LogP contribution in [-0.4, -0.2) is 13.2 Å². The zero-order chi connectivity index (χ0) is 16.4. The average molecular weight is 324 g/mol. The van der Waals surface area contributed by atoms with Crippen LogP contribution in [0.15, 0.2) is 30.3 Å². The van der Waals surface area contributed by atoms with Crippen molar-refractivity contribution in [1.29, 1.82) is 0 Å². The van der Waals surface area contributed by atoms with Gasteiger partial charge in [0.2, 0.25) is 0 Å². The van der Waals surface area contributed by atoms with Crippen molar-refractivity contribution < 1.29 is 27.4 Å². The summed E-state index contributed by atoms with van der Waals surface area (Å²) in [5.41, 5.74) is -0.0470. The zero-order valence-electron chi connectivity index (χ0n) is 12.4. The van der Waals surface area contributed by atoms with E-state index >= 15 is 0 Å². The molecule has 0 bridgehead atoms. The topological polar surface area (TPSA) is 27.7 Å². The summed E-state index contributed by atoms with van der Waals surface area (Å²) in [7, 11) is 1.36. The second-order valence-corrected chi connectivity index (χ2v) is 5.24. The standard InChI is InChI=1S/C17H15F3O3/c1-21-14-7-5-13(19)17(20)12(14)9-22-15-6-2-10(18)8-16(15)23-11-3-4-11/h2,5-8,11H,3-4,9H2,1H3. The van der Waals surface area contributed by atoms with Crippen molar-refractivity contribution >= 4 is 0 Å². The molecule has 0 spiro atoms. The van der Waals surface area contributed by atoms with Crippen LogP contribution in [0.25, 0.3) is 0 Å². The molecular weight excluding hydrogens is 309 g/mol. The molecule has 1 aliphatic carbocycles. The van der Waals surface area contributed by atoms with E-state index in [0.29, 0.717) is 0 Å². The molecule has 3 nitrogen and oxygen atoms in total. The first-order valence-electron chi connectivity index (χ1n) is 7.18. The highest BCUT2D eigenvalue weighted by Crippen LogP contribution is 2.35. The van der Waals surface area contributed by atoms with E-state index in [4.69, 9.17) is 14.2 Å². The van der Waals surface area contributed by atoms with Crippen molar-refractivity contribution in [2.75, 3.05) is 7.11 Å². The first-order valence-corrected chi connectivity index (χ1v) is 7.18. The van der Waals surface area contributed by atoms with Crippen molar-refractivity contribution in [2.45, 2.75) is 25.6 Å². The maximum absolute atomic E-state index is 13.9. The minimum Gasteiger partial charge on any atom is -0.496 e. The molecule has 0 unspecified atom stereocenters. The minimum absolute atomic E-state index is 0.0470. The summed E-state index contributed by atoms with van der Waals surface area (Å²) in [5.74, 6) is -1.78. The Labute approximate surface area is 131 Å². The molecular formula is C17H15F3O3. The van der Waals surface area contributed by atoms with E-state index in [1.807, 2.05) is 0 Å². The zero-order valence-corrected chi connectivity index (χ0v) is 12.4. The van der Waals surface area contributed by atoms with E-state index in [0.717, 1.165) is 18.9 Å². The van der Waals surface area contributed by atoms with Gasteiger partial charge in [-0.3, -0.25) is 0 Å².